The third kappa shape index (κ3) is 5.89. The molecule has 1 amide bonds. The van der Waals surface area contributed by atoms with Crippen molar-refractivity contribution in [2.45, 2.75) is 38.8 Å². The first-order valence-corrected chi connectivity index (χ1v) is 6.10. The van der Waals surface area contributed by atoms with Crippen molar-refractivity contribution in [3.05, 3.63) is 0 Å². The van der Waals surface area contributed by atoms with E-state index in [1.165, 1.54) is 0 Å². The maximum absolute atomic E-state index is 11.6. The molecule has 1 saturated heterocycles. The number of amides is 1. The van der Waals surface area contributed by atoms with Crippen molar-refractivity contribution < 1.29 is 14.3 Å². The Balaban J connectivity index is 2.33. The van der Waals surface area contributed by atoms with E-state index in [0.717, 1.165) is 26.1 Å². The molecule has 1 fully saturated rings. The smallest absolute Gasteiger partial charge is 0.407 e. The van der Waals surface area contributed by atoms with Gasteiger partial charge in [0.25, 0.3) is 0 Å². The van der Waals surface area contributed by atoms with Crippen LogP contribution in [0, 0.1) is 5.92 Å². The zero-order chi connectivity index (χ0) is 12.9. The first kappa shape index (κ1) is 14.3. The van der Waals surface area contributed by atoms with Gasteiger partial charge in [0.1, 0.15) is 5.60 Å². The molecule has 0 aliphatic carbocycles. The molecule has 1 rings (SSSR count). The number of alkyl carbamates (subject to hydrolysis) is 1. The molecule has 2 N–H and O–H groups in total. The number of carbonyl (C=O) groups excluding carboxylic acids is 1. The van der Waals surface area contributed by atoms with E-state index in [0.29, 0.717) is 5.92 Å². The Bertz CT molecular complexity index is 249. The Morgan fingerprint density at radius 1 is 1.41 bits per heavy atom. The fourth-order valence-electron chi connectivity index (χ4n) is 1.98. The van der Waals surface area contributed by atoms with E-state index < -0.39 is 5.60 Å². The van der Waals surface area contributed by atoms with Crippen LogP contribution in [0.2, 0.25) is 0 Å². The summed E-state index contributed by atoms with van der Waals surface area (Å²) in [6, 6.07) is 0.124. The largest absolute Gasteiger partial charge is 0.444 e. The van der Waals surface area contributed by atoms with Gasteiger partial charge in [-0.25, -0.2) is 4.79 Å². The molecule has 0 saturated carbocycles. The average Bonchev–Trinajstić information content (AvgIpc) is 2.15. The van der Waals surface area contributed by atoms with Crippen LogP contribution in [0.3, 0.4) is 0 Å². The van der Waals surface area contributed by atoms with Crippen LogP contribution in [0.1, 0.15) is 27.2 Å². The average molecular weight is 244 g/mol. The lowest BCUT2D eigenvalue weighted by molar-refractivity contribution is 0.0476. The van der Waals surface area contributed by atoms with E-state index in [-0.39, 0.29) is 12.1 Å². The molecule has 0 unspecified atom stereocenters. The van der Waals surface area contributed by atoms with Gasteiger partial charge in [-0.1, -0.05) is 0 Å². The molecular formula is C12H24N2O3. The molecule has 0 radical (unpaired) electrons. The van der Waals surface area contributed by atoms with Crippen LogP contribution in [-0.2, 0) is 9.47 Å². The lowest BCUT2D eigenvalue weighted by Crippen LogP contribution is -2.50. The van der Waals surface area contributed by atoms with Gasteiger partial charge in [-0.2, -0.15) is 0 Å². The summed E-state index contributed by atoms with van der Waals surface area (Å²) in [5, 5.41) is 6.17. The van der Waals surface area contributed by atoms with Crippen molar-refractivity contribution in [1.82, 2.24) is 10.6 Å². The topological polar surface area (TPSA) is 59.6 Å². The van der Waals surface area contributed by atoms with Crippen molar-refractivity contribution in [2.75, 3.05) is 26.8 Å². The van der Waals surface area contributed by atoms with Gasteiger partial charge in [0.2, 0.25) is 0 Å². The molecule has 0 bridgehead atoms. The highest BCUT2D eigenvalue weighted by molar-refractivity contribution is 5.68. The van der Waals surface area contributed by atoms with Gasteiger partial charge in [0, 0.05) is 26.2 Å². The summed E-state index contributed by atoms with van der Waals surface area (Å²) in [6.07, 6.45) is 0.586. The molecule has 5 nitrogen and oxygen atoms in total. The number of rotatable bonds is 3. The Morgan fingerprint density at radius 2 is 2.12 bits per heavy atom. The Hall–Kier alpha value is -0.810. The molecule has 0 aromatic rings. The number of carbonyl (C=O) groups is 1. The molecule has 1 aliphatic rings. The van der Waals surface area contributed by atoms with E-state index in [1.807, 2.05) is 20.8 Å². The summed E-state index contributed by atoms with van der Waals surface area (Å²) in [7, 11) is 1.70. The number of piperidine rings is 1. The van der Waals surface area contributed by atoms with Gasteiger partial charge in [-0.05, 0) is 33.1 Å². The van der Waals surface area contributed by atoms with Gasteiger partial charge < -0.3 is 20.1 Å². The first-order valence-electron chi connectivity index (χ1n) is 6.10. The van der Waals surface area contributed by atoms with Gasteiger partial charge >= 0.3 is 6.09 Å². The van der Waals surface area contributed by atoms with E-state index in [9.17, 15) is 4.79 Å². The summed E-state index contributed by atoms with van der Waals surface area (Å²) in [6.45, 7) is 8.04. The summed E-state index contributed by atoms with van der Waals surface area (Å²) in [5.41, 5.74) is -0.446. The third-order valence-electron chi connectivity index (χ3n) is 2.56. The van der Waals surface area contributed by atoms with Crippen LogP contribution in [0.15, 0.2) is 0 Å². The Morgan fingerprint density at radius 3 is 2.71 bits per heavy atom. The first-order chi connectivity index (χ1) is 7.90. The lowest BCUT2D eigenvalue weighted by Gasteiger charge is -2.31. The molecule has 1 aliphatic heterocycles. The zero-order valence-corrected chi connectivity index (χ0v) is 11.2. The number of ether oxygens (including phenoxy) is 2. The van der Waals surface area contributed by atoms with Crippen molar-refractivity contribution in [3.63, 3.8) is 0 Å². The van der Waals surface area contributed by atoms with Crippen molar-refractivity contribution in [2.24, 2.45) is 5.92 Å². The lowest BCUT2D eigenvalue weighted by atomic mass is 9.97. The van der Waals surface area contributed by atoms with E-state index in [1.54, 1.807) is 7.11 Å². The highest BCUT2D eigenvalue weighted by atomic mass is 16.6. The monoisotopic (exact) mass is 244 g/mol. The number of hydrogen-bond acceptors (Lipinski definition) is 4. The Kier molecular flexibility index (Phi) is 5.21. The summed E-state index contributed by atoms with van der Waals surface area (Å²) >= 11 is 0. The molecule has 5 heteroatoms. The maximum atomic E-state index is 11.6. The van der Waals surface area contributed by atoms with E-state index >= 15 is 0 Å². The molecule has 17 heavy (non-hydrogen) atoms. The van der Waals surface area contributed by atoms with Gasteiger partial charge in [-0.15, -0.1) is 0 Å². The minimum atomic E-state index is -0.446. The SMILES string of the molecule is COC[C@H]1CNC[C@H](NC(=O)OC(C)(C)C)C1. The number of hydrogen-bond donors (Lipinski definition) is 2. The second-order valence-corrected chi connectivity index (χ2v) is 5.56. The van der Waals surface area contributed by atoms with Crippen molar-refractivity contribution >= 4 is 6.09 Å². The maximum Gasteiger partial charge on any atom is 0.407 e. The van der Waals surface area contributed by atoms with Gasteiger partial charge in [0.05, 0.1) is 6.61 Å². The number of nitrogens with one attached hydrogen (secondary N) is 2. The molecule has 0 aromatic heterocycles. The Labute approximate surface area is 103 Å². The molecule has 1 heterocycles. The summed E-state index contributed by atoms with van der Waals surface area (Å²) < 4.78 is 10.4. The van der Waals surface area contributed by atoms with Crippen LogP contribution < -0.4 is 10.6 Å². The van der Waals surface area contributed by atoms with E-state index in [2.05, 4.69) is 10.6 Å². The molecule has 0 spiro atoms. The number of methoxy groups -OCH3 is 1. The molecule has 2 atom stereocenters. The highest BCUT2D eigenvalue weighted by Gasteiger charge is 2.25. The minimum absolute atomic E-state index is 0.124. The minimum Gasteiger partial charge on any atom is -0.444 e. The highest BCUT2D eigenvalue weighted by Crippen LogP contribution is 2.12. The normalized spacial score (nSPS) is 25.4. The van der Waals surface area contributed by atoms with Crippen LogP contribution in [0.4, 0.5) is 4.79 Å². The fraction of sp³-hybridized carbons (Fsp3) is 0.917. The van der Waals surface area contributed by atoms with Crippen molar-refractivity contribution in [3.8, 4) is 0 Å². The third-order valence-corrected chi connectivity index (χ3v) is 2.56. The molecule has 100 valence electrons. The summed E-state index contributed by atoms with van der Waals surface area (Å²) in [5.74, 6) is 0.452. The van der Waals surface area contributed by atoms with Crippen molar-refractivity contribution in [1.29, 1.82) is 0 Å². The van der Waals surface area contributed by atoms with Gasteiger partial charge in [-0.3, -0.25) is 0 Å². The van der Waals surface area contributed by atoms with Crippen LogP contribution in [-0.4, -0.2) is 44.5 Å². The summed E-state index contributed by atoms with van der Waals surface area (Å²) in [4.78, 5) is 11.6. The molecule has 0 aromatic carbocycles. The standard InChI is InChI=1S/C12H24N2O3/c1-12(2,3)17-11(15)14-10-5-9(8-16-4)6-13-7-10/h9-10,13H,5-8H2,1-4H3,(H,14,15)/t9-,10-/m1/s1. The van der Waals surface area contributed by atoms with Crippen LogP contribution in [0.5, 0.6) is 0 Å². The quantitative estimate of drug-likeness (QED) is 0.781. The zero-order valence-electron chi connectivity index (χ0n) is 11.2. The second kappa shape index (κ2) is 6.21. The molecular weight excluding hydrogens is 220 g/mol. The predicted molar refractivity (Wildman–Crippen MR) is 66.0 cm³/mol. The van der Waals surface area contributed by atoms with Gasteiger partial charge in [0.15, 0.2) is 0 Å². The van der Waals surface area contributed by atoms with Crippen LogP contribution >= 0.6 is 0 Å². The fourth-order valence-corrected chi connectivity index (χ4v) is 1.98. The van der Waals surface area contributed by atoms with Crippen LogP contribution in [0.25, 0.3) is 0 Å². The predicted octanol–water partition coefficient (Wildman–Crippen LogP) is 1.14. The second-order valence-electron chi connectivity index (χ2n) is 5.56. The van der Waals surface area contributed by atoms with E-state index in [4.69, 9.17) is 9.47 Å².